The number of hydrogen-bond donors (Lipinski definition) is 1. The molecule has 0 bridgehead atoms. The van der Waals surface area contributed by atoms with Gasteiger partial charge in [0, 0.05) is 12.1 Å². The molecule has 0 radical (unpaired) electrons. The van der Waals surface area contributed by atoms with Gasteiger partial charge in [-0.1, -0.05) is 11.3 Å². The maximum Gasteiger partial charge on any atom is 0.0783 e. The summed E-state index contributed by atoms with van der Waals surface area (Å²) in [6.07, 6.45) is 1.82. The summed E-state index contributed by atoms with van der Waals surface area (Å²) < 4.78 is 1.90. The van der Waals surface area contributed by atoms with E-state index in [1.54, 1.807) is 0 Å². The zero-order valence-electron chi connectivity index (χ0n) is 12.4. The van der Waals surface area contributed by atoms with E-state index < -0.39 is 0 Å². The smallest absolute Gasteiger partial charge is 0.0783 e. The van der Waals surface area contributed by atoms with Gasteiger partial charge in [0.1, 0.15) is 0 Å². The van der Waals surface area contributed by atoms with Crippen molar-refractivity contribution in [3.63, 3.8) is 0 Å². The Labute approximate surface area is 114 Å². The summed E-state index contributed by atoms with van der Waals surface area (Å²) >= 11 is 0. The fraction of sp³-hybridized carbons (Fsp3) is 0.467. The fourth-order valence-corrected chi connectivity index (χ4v) is 2.02. The second-order valence-electron chi connectivity index (χ2n) is 6.09. The van der Waals surface area contributed by atoms with E-state index in [-0.39, 0.29) is 5.54 Å². The lowest BCUT2D eigenvalue weighted by atomic mass is 10.1. The maximum atomic E-state index is 4.20. The summed E-state index contributed by atoms with van der Waals surface area (Å²) in [7, 11) is 0. The second kappa shape index (κ2) is 5.13. The Bertz CT molecular complexity index is 544. The normalized spacial score (nSPS) is 11.8. The molecule has 4 heteroatoms. The van der Waals surface area contributed by atoms with Crippen LogP contribution in [0.25, 0.3) is 5.69 Å². The van der Waals surface area contributed by atoms with Crippen molar-refractivity contribution in [3.8, 4) is 5.69 Å². The highest BCUT2D eigenvalue weighted by molar-refractivity contribution is 5.39. The van der Waals surface area contributed by atoms with Crippen molar-refractivity contribution in [3.05, 3.63) is 41.2 Å². The molecule has 0 spiro atoms. The summed E-state index contributed by atoms with van der Waals surface area (Å²) in [5.74, 6) is 0. The maximum absolute atomic E-state index is 4.20. The van der Waals surface area contributed by atoms with Crippen LogP contribution in [0.1, 0.15) is 37.6 Å². The van der Waals surface area contributed by atoms with Gasteiger partial charge in [-0.2, -0.15) is 0 Å². The minimum Gasteiger partial charge on any atom is -0.306 e. The van der Waals surface area contributed by atoms with Crippen molar-refractivity contribution in [2.24, 2.45) is 0 Å². The highest BCUT2D eigenvalue weighted by atomic mass is 15.4. The molecule has 4 nitrogen and oxygen atoms in total. The topological polar surface area (TPSA) is 42.7 Å². The molecule has 0 amide bonds. The summed E-state index contributed by atoms with van der Waals surface area (Å²) in [5, 5.41) is 11.7. The molecule has 0 aliphatic carbocycles. The van der Waals surface area contributed by atoms with Crippen molar-refractivity contribution in [1.82, 2.24) is 20.3 Å². The number of benzene rings is 1. The highest BCUT2D eigenvalue weighted by Gasteiger charge is 2.12. The van der Waals surface area contributed by atoms with Crippen molar-refractivity contribution in [2.45, 2.75) is 46.7 Å². The van der Waals surface area contributed by atoms with Crippen LogP contribution in [0.15, 0.2) is 24.4 Å². The molecule has 1 N–H and O–H groups in total. The lowest BCUT2D eigenvalue weighted by Gasteiger charge is -2.20. The van der Waals surface area contributed by atoms with E-state index in [0.717, 1.165) is 17.9 Å². The van der Waals surface area contributed by atoms with Crippen LogP contribution in [-0.4, -0.2) is 20.5 Å². The van der Waals surface area contributed by atoms with E-state index in [4.69, 9.17) is 0 Å². The third-order valence-electron chi connectivity index (χ3n) is 2.87. The second-order valence-corrected chi connectivity index (χ2v) is 6.09. The van der Waals surface area contributed by atoms with Crippen molar-refractivity contribution < 1.29 is 0 Å². The zero-order chi connectivity index (χ0) is 14.0. The summed E-state index contributed by atoms with van der Waals surface area (Å²) in [4.78, 5) is 0. The molecule has 1 aromatic carbocycles. The Morgan fingerprint density at radius 1 is 1.11 bits per heavy atom. The van der Waals surface area contributed by atoms with Crippen LogP contribution in [0.4, 0.5) is 0 Å². The van der Waals surface area contributed by atoms with Crippen molar-refractivity contribution in [2.75, 3.05) is 0 Å². The third-order valence-corrected chi connectivity index (χ3v) is 2.87. The SMILES string of the molecule is Cc1cc(C)cc(-n2nncc2CNC(C)(C)C)c1. The number of aryl methyl sites for hydroxylation is 2. The molecule has 0 atom stereocenters. The summed E-state index contributed by atoms with van der Waals surface area (Å²) in [6.45, 7) is 11.4. The van der Waals surface area contributed by atoms with Gasteiger partial charge in [0.2, 0.25) is 0 Å². The zero-order valence-corrected chi connectivity index (χ0v) is 12.4. The average Bonchev–Trinajstić information content (AvgIpc) is 2.72. The van der Waals surface area contributed by atoms with Crippen LogP contribution in [-0.2, 0) is 6.54 Å². The molecule has 102 valence electrons. The monoisotopic (exact) mass is 258 g/mol. The van der Waals surface area contributed by atoms with Crippen LogP contribution in [0, 0.1) is 13.8 Å². The first kappa shape index (κ1) is 13.7. The molecule has 0 unspecified atom stereocenters. The van der Waals surface area contributed by atoms with Crippen LogP contribution in [0.3, 0.4) is 0 Å². The quantitative estimate of drug-likeness (QED) is 0.920. The molecule has 2 aromatic rings. The Morgan fingerprint density at radius 2 is 1.74 bits per heavy atom. The first-order valence-electron chi connectivity index (χ1n) is 6.58. The number of hydrogen-bond acceptors (Lipinski definition) is 3. The predicted octanol–water partition coefficient (Wildman–Crippen LogP) is 2.77. The Morgan fingerprint density at radius 3 is 2.32 bits per heavy atom. The van der Waals surface area contributed by atoms with E-state index in [1.807, 2.05) is 10.9 Å². The molecule has 1 heterocycles. The van der Waals surface area contributed by atoms with Crippen LogP contribution >= 0.6 is 0 Å². The molecule has 19 heavy (non-hydrogen) atoms. The standard InChI is InChI=1S/C15H22N4/c1-11-6-12(2)8-13(7-11)19-14(10-17-18-19)9-16-15(3,4)5/h6-8,10,16H,9H2,1-5H3. The molecule has 1 aromatic heterocycles. The largest absolute Gasteiger partial charge is 0.306 e. The van der Waals surface area contributed by atoms with Crippen LogP contribution in [0.2, 0.25) is 0 Å². The van der Waals surface area contributed by atoms with Gasteiger partial charge in [-0.25, -0.2) is 4.68 Å². The molecule has 0 saturated heterocycles. The Balaban J connectivity index is 2.28. The Kier molecular flexibility index (Phi) is 3.71. The third kappa shape index (κ3) is 3.64. The lowest BCUT2D eigenvalue weighted by Crippen LogP contribution is -2.35. The van der Waals surface area contributed by atoms with E-state index in [0.29, 0.717) is 0 Å². The van der Waals surface area contributed by atoms with Gasteiger partial charge in [0.15, 0.2) is 0 Å². The minimum absolute atomic E-state index is 0.0810. The van der Waals surface area contributed by atoms with Crippen LogP contribution in [0.5, 0.6) is 0 Å². The molecular weight excluding hydrogens is 236 g/mol. The van der Waals surface area contributed by atoms with E-state index in [2.05, 4.69) is 68.4 Å². The van der Waals surface area contributed by atoms with Gasteiger partial charge in [-0.3, -0.25) is 0 Å². The van der Waals surface area contributed by atoms with E-state index in [9.17, 15) is 0 Å². The minimum atomic E-state index is 0.0810. The van der Waals surface area contributed by atoms with Crippen molar-refractivity contribution in [1.29, 1.82) is 0 Å². The number of rotatable bonds is 3. The predicted molar refractivity (Wildman–Crippen MR) is 77.4 cm³/mol. The molecule has 2 rings (SSSR count). The molecule has 0 saturated carbocycles. The molecule has 0 aliphatic heterocycles. The number of aromatic nitrogens is 3. The summed E-state index contributed by atoms with van der Waals surface area (Å²) in [5.41, 5.74) is 4.69. The first-order valence-corrected chi connectivity index (χ1v) is 6.58. The van der Waals surface area contributed by atoms with E-state index in [1.165, 1.54) is 11.1 Å². The molecular formula is C15H22N4. The Hall–Kier alpha value is -1.68. The average molecular weight is 258 g/mol. The van der Waals surface area contributed by atoms with E-state index >= 15 is 0 Å². The first-order chi connectivity index (χ1) is 8.85. The van der Waals surface area contributed by atoms with Gasteiger partial charge < -0.3 is 5.32 Å². The summed E-state index contributed by atoms with van der Waals surface area (Å²) in [6, 6.07) is 6.41. The molecule has 0 aliphatic rings. The number of nitrogens with one attached hydrogen (secondary N) is 1. The lowest BCUT2D eigenvalue weighted by molar-refractivity contribution is 0.418. The van der Waals surface area contributed by atoms with Gasteiger partial charge in [0.05, 0.1) is 17.6 Å². The van der Waals surface area contributed by atoms with Gasteiger partial charge in [-0.15, -0.1) is 5.10 Å². The van der Waals surface area contributed by atoms with Gasteiger partial charge in [0.25, 0.3) is 0 Å². The highest BCUT2D eigenvalue weighted by Crippen LogP contribution is 2.15. The van der Waals surface area contributed by atoms with Gasteiger partial charge >= 0.3 is 0 Å². The van der Waals surface area contributed by atoms with Crippen LogP contribution < -0.4 is 5.32 Å². The number of nitrogens with zero attached hydrogens (tertiary/aromatic N) is 3. The molecule has 0 fully saturated rings. The van der Waals surface area contributed by atoms with Crippen molar-refractivity contribution >= 4 is 0 Å². The fourth-order valence-electron chi connectivity index (χ4n) is 2.02. The van der Waals surface area contributed by atoms with Gasteiger partial charge in [-0.05, 0) is 57.9 Å².